The Morgan fingerprint density at radius 2 is 2.47 bits per heavy atom. The summed E-state index contributed by atoms with van der Waals surface area (Å²) in [5.74, 6) is 0.728. The van der Waals surface area contributed by atoms with Gasteiger partial charge in [0.25, 0.3) is 0 Å². The molecule has 1 saturated carbocycles. The predicted molar refractivity (Wildman–Crippen MR) is 54.4 cm³/mol. The first kappa shape index (κ1) is 7.63. The Hall–Kier alpha value is -1.64. The maximum atomic E-state index is 11.8. The quantitative estimate of drug-likeness (QED) is 0.676. The van der Waals surface area contributed by atoms with Crippen molar-refractivity contribution in [2.75, 3.05) is 6.54 Å². The first-order valence-corrected chi connectivity index (χ1v) is 5.28. The summed E-state index contributed by atoms with van der Waals surface area (Å²) in [4.78, 5) is 16.0. The van der Waals surface area contributed by atoms with Gasteiger partial charge in [-0.05, 0) is 24.0 Å². The molecular formula is C12H10N2O. The monoisotopic (exact) mass is 198 g/mol. The highest BCUT2D eigenvalue weighted by Crippen LogP contribution is 2.63. The molecule has 0 amide bonds. The van der Waals surface area contributed by atoms with Crippen LogP contribution >= 0.6 is 0 Å². The lowest BCUT2D eigenvalue weighted by atomic mass is 9.84. The van der Waals surface area contributed by atoms with Gasteiger partial charge in [-0.1, -0.05) is 6.07 Å². The highest BCUT2D eigenvalue weighted by Gasteiger charge is 2.64. The van der Waals surface area contributed by atoms with Crippen molar-refractivity contribution in [2.45, 2.75) is 11.8 Å². The van der Waals surface area contributed by atoms with E-state index in [1.165, 1.54) is 6.42 Å². The summed E-state index contributed by atoms with van der Waals surface area (Å²) in [5.41, 5.74) is 3.06. The number of pyridine rings is 1. The maximum absolute atomic E-state index is 11.8. The number of nitrogens with one attached hydrogen (secondary N) is 1. The van der Waals surface area contributed by atoms with E-state index < -0.39 is 0 Å². The van der Waals surface area contributed by atoms with Crippen LogP contribution in [0, 0.1) is 5.92 Å². The molecule has 4 rings (SSSR count). The van der Waals surface area contributed by atoms with Crippen molar-refractivity contribution < 1.29 is 4.79 Å². The van der Waals surface area contributed by atoms with Gasteiger partial charge in [-0.3, -0.25) is 9.78 Å². The van der Waals surface area contributed by atoms with Gasteiger partial charge in [-0.25, -0.2) is 0 Å². The van der Waals surface area contributed by atoms with Crippen molar-refractivity contribution in [1.29, 1.82) is 0 Å². The number of ketones is 1. The van der Waals surface area contributed by atoms with Gasteiger partial charge in [0.05, 0.1) is 0 Å². The molecule has 1 N–H and O–H groups in total. The molecule has 1 spiro atoms. The Labute approximate surface area is 87.2 Å². The molecule has 1 aromatic heterocycles. The number of aromatic nitrogens is 1. The van der Waals surface area contributed by atoms with E-state index in [-0.39, 0.29) is 11.2 Å². The predicted octanol–water partition coefficient (Wildman–Crippen LogP) is 1.02. The maximum Gasteiger partial charge on any atom is 0.206 e. The van der Waals surface area contributed by atoms with Crippen molar-refractivity contribution in [1.82, 2.24) is 10.3 Å². The summed E-state index contributed by atoms with van der Waals surface area (Å²) in [7, 11) is 0. The van der Waals surface area contributed by atoms with Gasteiger partial charge in [-0.2, -0.15) is 0 Å². The molecule has 2 aliphatic carbocycles. The molecule has 2 heterocycles. The third-order valence-corrected chi connectivity index (χ3v) is 3.92. The van der Waals surface area contributed by atoms with E-state index in [1.54, 1.807) is 12.3 Å². The third-order valence-electron chi connectivity index (χ3n) is 3.92. The van der Waals surface area contributed by atoms with Gasteiger partial charge >= 0.3 is 0 Å². The molecule has 0 bridgehead atoms. The summed E-state index contributed by atoms with van der Waals surface area (Å²) >= 11 is 0. The molecule has 1 aliphatic heterocycles. The molecule has 2 fully saturated rings. The van der Waals surface area contributed by atoms with Crippen molar-refractivity contribution in [2.24, 2.45) is 5.92 Å². The second-order valence-corrected chi connectivity index (χ2v) is 4.58. The Kier molecular flexibility index (Phi) is 1.08. The number of hydrogen-bond acceptors (Lipinski definition) is 3. The molecule has 3 aliphatic rings. The highest BCUT2D eigenvalue weighted by molar-refractivity contribution is 6.07. The van der Waals surface area contributed by atoms with E-state index in [0.29, 0.717) is 11.6 Å². The van der Waals surface area contributed by atoms with Crippen molar-refractivity contribution in [3.8, 4) is 0 Å². The minimum absolute atomic E-state index is 0.0475. The molecule has 2 unspecified atom stereocenters. The fourth-order valence-corrected chi connectivity index (χ4v) is 3.11. The Balaban J connectivity index is 2.05. The Bertz CT molecular complexity index is 520. The molecule has 0 radical (unpaired) electrons. The lowest BCUT2D eigenvalue weighted by molar-refractivity contribution is 0.103. The van der Waals surface area contributed by atoms with Gasteiger partial charge in [0.15, 0.2) is 0 Å². The van der Waals surface area contributed by atoms with Crippen LogP contribution in [0.2, 0.25) is 0 Å². The normalized spacial score (nSPS) is 34.8. The SMILES string of the molecule is O=C1C=C2NCC3CC23c2cccnc21. The van der Waals surface area contributed by atoms with E-state index >= 15 is 0 Å². The van der Waals surface area contributed by atoms with Crippen LogP contribution < -0.4 is 5.32 Å². The minimum atomic E-state index is 0.0475. The molecule has 3 heteroatoms. The van der Waals surface area contributed by atoms with Gasteiger partial charge < -0.3 is 5.32 Å². The number of fused-ring (bicyclic) bond motifs is 1. The Morgan fingerprint density at radius 3 is 3.33 bits per heavy atom. The second-order valence-electron chi connectivity index (χ2n) is 4.58. The van der Waals surface area contributed by atoms with E-state index in [4.69, 9.17) is 0 Å². The van der Waals surface area contributed by atoms with Gasteiger partial charge in [0, 0.05) is 29.9 Å². The standard InChI is InChI=1S/C12H10N2O/c15-9-4-10-12(5-7(12)6-14-10)8-2-1-3-13-11(8)9/h1-4,7,14H,5-6H2. The summed E-state index contributed by atoms with van der Waals surface area (Å²) < 4.78 is 0. The minimum Gasteiger partial charge on any atom is -0.387 e. The first-order valence-electron chi connectivity index (χ1n) is 5.28. The molecular weight excluding hydrogens is 188 g/mol. The summed E-state index contributed by atoms with van der Waals surface area (Å²) in [6.07, 6.45) is 4.62. The molecule has 3 nitrogen and oxygen atoms in total. The number of carbonyl (C=O) groups is 1. The zero-order chi connectivity index (χ0) is 10.0. The summed E-state index contributed by atoms with van der Waals surface area (Å²) in [6.45, 7) is 1.01. The first-order chi connectivity index (χ1) is 7.32. The molecule has 0 aromatic carbocycles. The number of rotatable bonds is 0. The van der Waals surface area contributed by atoms with E-state index in [1.807, 2.05) is 6.07 Å². The largest absolute Gasteiger partial charge is 0.387 e. The van der Waals surface area contributed by atoms with Crippen LogP contribution in [0.15, 0.2) is 30.1 Å². The van der Waals surface area contributed by atoms with Crippen molar-refractivity contribution in [3.63, 3.8) is 0 Å². The van der Waals surface area contributed by atoms with Crippen LogP contribution in [-0.2, 0) is 5.41 Å². The average Bonchev–Trinajstić information content (AvgIpc) is 2.89. The van der Waals surface area contributed by atoms with Crippen LogP contribution in [0.4, 0.5) is 0 Å². The number of piperidine rings is 1. The van der Waals surface area contributed by atoms with E-state index in [0.717, 1.165) is 17.8 Å². The second kappa shape index (κ2) is 2.13. The van der Waals surface area contributed by atoms with Crippen LogP contribution in [0.25, 0.3) is 0 Å². The van der Waals surface area contributed by atoms with Gasteiger partial charge in [0.1, 0.15) is 5.69 Å². The smallest absolute Gasteiger partial charge is 0.206 e. The van der Waals surface area contributed by atoms with Gasteiger partial charge in [-0.15, -0.1) is 0 Å². The van der Waals surface area contributed by atoms with Crippen LogP contribution in [0.3, 0.4) is 0 Å². The van der Waals surface area contributed by atoms with E-state index in [9.17, 15) is 4.79 Å². The van der Waals surface area contributed by atoms with E-state index in [2.05, 4.69) is 16.4 Å². The molecule has 2 atom stereocenters. The number of hydrogen-bond donors (Lipinski definition) is 1. The lowest BCUT2D eigenvalue weighted by Gasteiger charge is -2.22. The fraction of sp³-hybridized carbons (Fsp3) is 0.333. The summed E-state index contributed by atoms with van der Waals surface area (Å²) in [6, 6.07) is 3.98. The van der Waals surface area contributed by atoms with Crippen molar-refractivity contribution in [3.05, 3.63) is 41.4 Å². The van der Waals surface area contributed by atoms with Crippen LogP contribution in [-0.4, -0.2) is 17.3 Å². The zero-order valence-corrected chi connectivity index (χ0v) is 8.16. The molecule has 1 aromatic rings. The van der Waals surface area contributed by atoms with Crippen LogP contribution in [0.1, 0.15) is 22.5 Å². The molecule has 15 heavy (non-hydrogen) atoms. The third kappa shape index (κ3) is 0.706. The Morgan fingerprint density at radius 1 is 1.53 bits per heavy atom. The molecule has 74 valence electrons. The fourth-order valence-electron chi connectivity index (χ4n) is 3.11. The average molecular weight is 198 g/mol. The van der Waals surface area contributed by atoms with Crippen molar-refractivity contribution >= 4 is 5.78 Å². The number of nitrogens with zero attached hydrogens (tertiary/aromatic N) is 1. The molecule has 1 saturated heterocycles. The number of allylic oxidation sites excluding steroid dienone is 2. The number of carbonyl (C=O) groups excluding carboxylic acids is 1. The lowest BCUT2D eigenvalue weighted by Crippen LogP contribution is -2.25. The van der Waals surface area contributed by atoms with Crippen LogP contribution in [0.5, 0.6) is 0 Å². The topological polar surface area (TPSA) is 42.0 Å². The zero-order valence-electron chi connectivity index (χ0n) is 8.16. The summed E-state index contributed by atoms with van der Waals surface area (Å²) in [5, 5.41) is 3.33. The van der Waals surface area contributed by atoms with Gasteiger partial charge in [0.2, 0.25) is 5.78 Å². The highest BCUT2D eigenvalue weighted by atomic mass is 16.1.